The van der Waals surface area contributed by atoms with Crippen LogP contribution in [-0.4, -0.2) is 67.2 Å². The third-order valence-electron chi connectivity index (χ3n) is 4.85. The summed E-state index contributed by atoms with van der Waals surface area (Å²) in [6, 6.07) is 7.05. The molecule has 0 aromatic carbocycles. The van der Waals surface area contributed by atoms with Gasteiger partial charge in [0.15, 0.2) is 5.82 Å². The van der Waals surface area contributed by atoms with Crippen LogP contribution in [0, 0.1) is 13.8 Å². The molecule has 0 atom stereocenters. The first-order valence-electron chi connectivity index (χ1n) is 9.46. The zero-order valence-corrected chi connectivity index (χ0v) is 16.2. The second-order valence-electron chi connectivity index (χ2n) is 6.98. The van der Waals surface area contributed by atoms with Gasteiger partial charge in [0.25, 0.3) is 5.56 Å². The van der Waals surface area contributed by atoms with E-state index in [1.54, 1.807) is 23.0 Å². The van der Waals surface area contributed by atoms with Crippen molar-refractivity contribution in [3.8, 4) is 5.82 Å². The second kappa shape index (κ2) is 7.89. The molecule has 146 valence electrons. The Morgan fingerprint density at radius 3 is 2.43 bits per heavy atom. The van der Waals surface area contributed by atoms with Crippen molar-refractivity contribution in [1.82, 2.24) is 34.4 Å². The van der Waals surface area contributed by atoms with Crippen LogP contribution in [0.1, 0.15) is 11.4 Å². The van der Waals surface area contributed by atoms with E-state index in [0.717, 1.165) is 50.1 Å². The lowest BCUT2D eigenvalue weighted by molar-refractivity contribution is 0.241. The molecule has 0 radical (unpaired) electrons. The highest BCUT2D eigenvalue weighted by Crippen LogP contribution is 2.12. The van der Waals surface area contributed by atoms with E-state index >= 15 is 0 Å². The maximum Gasteiger partial charge on any atom is 0.266 e. The summed E-state index contributed by atoms with van der Waals surface area (Å²) >= 11 is 0. The Morgan fingerprint density at radius 2 is 1.75 bits per heavy atom. The third-order valence-corrected chi connectivity index (χ3v) is 4.85. The first-order chi connectivity index (χ1) is 13.6. The van der Waals surface area contributed by atoms with Gasteiger partial charge < -0.3 is 4.90 Å². The molecule has 1 aliphatic heterocycles. The number of hydrogen-bond acceptors (Lipinski definition) is 7. The molecule has 0 N–H and O–H groups in total. The molecule has 0 saturated carbocycles. The summed E-state index contributed by atoms with van der Waals surface area (Å²) in [5.74, 6) is 1.45. The van der Waals surface area contributed by atoms with Crippen LogP contribution < -0.4 is 10.5 Å². The van der Waals surface area contributed by atoms with Crippen molar-refractivity contribution in [2.45, 2.75) is 20.4 Å². The molecule has 0 spiro atoms. The highest BCUT2D eigenvalue weighted by atomic mass is 16.1. The van der Waals surface area contributed by atoms with Crippen molar-refractivity contribution in [3.63, 3.8) is 0 Å². The number of nitrogens with zero attached hydrogens (tertiary/aromatic N) is 8. The smallest absolute Gasteiger partial charge is 0.266 e. The standard InChI is InChI=1S/C19H24N8O/c1-15-14-16(2)22-19(21-15)25-11-8-24(9-12-25)10-13-27-18(28)5-4-17(23-27)26-7-3-6-20-26/h3-7,14H,8-13H2,1-2H3. The average molecular weight is 380 g/mol. The zero-order chi connectivity index (χ0) is 19.5. The normalized spacial score (nSPS) is 15.1. The van der Waals surface area contributed by atoms with Crippen molar-refractivity contribution >= 4 is 5.95 Å². The summed E-state index contributed by atoms with van der Waals surface area (Å²) in [6.07, 6.45) is 3.50. The molecule has 28 heavy (non-hydrogen) atoms. The van der Waals surface area contributed by atoms with Crippen molar-refractivity contribution < 1.29 is 0 Å². The summed E-state index contributed by atoms with van der Waals surface area (Å²) in [7, 11) is 0. The van der Waals surface area contributed by atoms with Crippen LogP contribution in [0.5, 0.6) is 0 Å². The van der Waals surface area contributed by atoms with Gasteiger partial charge >= 0.3 is 0 Å². The monoisotopic (exact) mass is 380 g/mol. The number of rotatable bonds is 5. The van der Waals surface area contributed by atoms with Crippen LogP contribution in [0.3, 0.4) is 0 Å². The van der Waals surface area contributed by atoms with Crippen LogP contribution in [0.15, 0.2) is 41.5 Å². The minimum Gasteiger partial charge on any atom is -0.338 e. The van der Waals surface area contributed by atoms with Crippen molar-refractivity contribution in [3.05, 3.63) is 58.4 Å². The summed E-state index contributed by atoms with van der Waals surface area (Å²) in [6.45, 7) is 8.88. The summed E-state index contributed by atoms with van der Waals surface area (Å²) < 4.78 is 3.16. The maximum absolute atomic E-state index is 12.1. The largest absolute Gasteiger partial charge is 0.338 e. The number of anilines is 1. The molecule has 4 rings (SSSR count). The molecule has 9 heteroatoms. The van der Waals surface area contributed by atoms with Gasteiger partial charge in [0.2, 0.25) is 5.95 Å². The van der Waals surface area contributed by atoms with Crippen LogP contribution in [0.2, 0.25) is 0 Å². The van der Waals surface area contributed by atoms with Gasteiger partial charge in [-0.1, -0.05) is 0 Å². The summed E-state index contributed by atoms with van der Waals surface area (Å²) in [4.78, 5) is 25.8. The van der Waals surface area contributed by atoms with Gasteiger partial charge in [0, 0.05) is 62.6 Å². The van der Waals surface area contributed by atoms with Gasteiger partial charge in [-0.05, 0) is 32.0 Å². The Kier molecular flexibility index (Phi) is 5.16. The molecule has 4 heterocycles. The van der Waals surface area contributed by atoms with Crippen LogP contribution in [0.4, 0.5) is 5.95 Å². The fourth-order valence-electron chi connectivity index (χ4n) is 3.38. The van der Waals surface area contributed by atoms with E-state index in [2.05, 4.69) is 30.0 Å². The van der Waals surface area contributed by atoms with E-state index in [4.69, 9.17) is 0 Å². The first-order valence-corrected chi connectivity index (χ1v) is 9.46. The van der Waals surface area contributed by atoms with Gasteiger partial charge in [-0.25, -0.2) is 19.3 Å². The predicted octanol–water partition coefficient (Wildman–Crippen LogP) is 0.658. The molecule has 0 unspecified atom stereocenters. The fraction of sp³-hybridized carbons (Fsp3) is 0.421. The molecule has 3 aromatic rings. The summed E-state index contributed by atoms with van der Waals surface area (Å²) in [5, 5.41) is 8.60. The molecule has 0 bridgehead atoms. The molecule has 1 aliphatic rings. The van der Waals surface area contributed by atoms with E-state index in [0.29, 0.717) is 12.4 Å². The Bertz CT molecular complexity index is 969. The number of aryl methyl sites for hydroxylation is 2. The molecular formula is C19H24N8O. The Hall–Kier alpha value is -3.07. The van der Waals surface area contributed by atoms with Crippen molar-refractivity contribution in [2.75, 3.05) is 37.6 Å². The third kappa shape index (κ3) is 4.09. The first kappa shape index (κ1) is 18.3. The van der Waals surface area contributed by atoms with Crippen molar-refractivity contribution in [1.29, 1.82) is 0 Å². The zero-order valence-electron chi connectivity index (χ0n) is 16.2. The van der Waals surface area contributed by atoms with E-state index in [-0.39, 0.29) is 5.56 Å². The van der Waals surface area contributed by atoms with Crippen LogP contribution >= 0.6 is 0 Å². The maximum atomic E-state index is 12.1. The van der Waals surface area contributed by atoms with E-state index in [1.807, 2.05) is 32.2 Å². The van der Waals surface area contributed by atoms with E-state index in [1.165, 1.54) is 4.68 Å². The topological polar surface area (TPSA) is 85.0 Å². The number of piperazine rings is 1. The molecule has 1 saturated heterocycles. The molecule has 3 aromatic heterocycles. The Labute approximate surface area is 163 Å². The van der Waals surface area contributed by atoms with Gasteiger partial charge in [-0.3, -0.25) is 9.69 Å². The Morgan fingerprint density at radius 1 is 1.00 bits per heavy atom. The lowest BCUT2D eigenvalue weighted by atomic mass is 10.3. The van der Waals surface area contributed by atoms with Gasteiger partial charge in [0.1, 0.15) is 0 Å². The highest BCUT2D eigenvalue weighted by molar-refractivity contribution is 5.32. The quantitative estimate of drug-likeness (QED) is 0.643. The summed E-state index contributed by atoms with van der Waals surface area (Å²) in [5.41, 5.74) is 1.89. The molecular weight excluding hydrogens is 356 g/mol. The molecule has 9 nitrogen and oxygen atoms in total. The Balaban J connectivity index is 1.36. The van der Waals surface area contributed by atoms with Crippen molar-refractivity contribution in [2.24, 2.45) is 0 Å². The minimum absolute atomic E-state index is 0.0989. The van der Waals surface area contributed by atoms with Crippen LogP contribution in [0.25, 0.3) is 5.82 Å². The highest BCUT2D eigenvalue weighted by Gasteiger charge is 2.19. The average Bonchev–Trinajstić information content (AvgIpc) is 3.22. The number of hydrogen-bond donors (Lipinski definition) is 0. The van der Waals surface area contributed by atoms with E-state index in [9.17, 15) is 4.79 Å². The van der Waals surface area contributed by atoms with Gasteiger partial charge in [0.05, 0.1) is 6.54 Å². The SMILES string of the molecule is Cc1cc(C)nc(N2CCN(CCn3nc(-n4cccn4)ccc3=O)CC2)n1. The van der Waals surface area contributed by atoms with Crippen LogP contribution in [-0.2, 0) is 6.54 Å². The minimum atomic E-state index is -0.0989. The van der Waals surface area contributed by atoms with E-state index < -0.39 is 0 Å². The van der Waals surface area contributed by atoms with Gasteiger partial charge in [-0.15, -0.1) is 5.10 Å². The molecule has 1 fully saturated rings. The lowest BCUT2D eigenvalue weighted by Crippen LogP contribution is -2.48. The second-order valence-corrected chi connectivity index (χ2v) is 6.98. The fourth-order valence-corrected chi connectivity index (χ4v) is 3.38. The number of aromatic nitrogens is 6. The predicted molar refractivity (Wildman–Crippen MR) is 106 cm³/mol. The lowest BCUT2D eigenvalue weighted by Gasteiger charge is -2.34. The molecule has 0 aliphatic carbocycles. The van der Waals surface area contributed by atoms with Gasteiger partial charge in [-0.2, -0.15) is 5.10 Å². The molecule has 0 amide bonds.